The molecule has 0 saturated carbocycles. The molecule has 0 aromatic heterocycles. The molecule has 5 heteroatoms. The Labute approximate surface area is 144 Å². The number of nitrogens with one attached hydrogen (secondary N) is 1. The second-order valence-corrected chi connectivity index (χ2v) is 6.26. The van der Waals surface area contributed by atoms with Crippen LogP contribution in [0.4, 0.5) is 5.69 Å². The van der Waals surface area contributed by atoms with Crippen molar-refractivity contribution in [2.45, 2.75) is 12.8 Å². The van der Waals surface area contributed by atoms with Crippen LogP contribution in [0.5, 0.6) is 0 Å². The topological polar surface area (TPSA) is 29.1 Å². The van der Waals surface area contributed by atoms with Crippen LogP contribution in [-0.2, 0) is 4.79 Å². The van der Waals surface area contributed by atoms with Crippen molar-refractivity contribution in [2.75, 3.05) is 5.32 Å². The Morgan fingerprint density at radius 1 is 1.05 bits per heavy atom. The third-order valence-corrected chi connectivity index (χ3v) is 3.69. The van der Waals surface area contributed by atoms with Crippen molar-refractivity contribution in [1.82, 2.24) is 0 Å². The third kappa shape index (κ3) is 4.77. The van der Waals surface area contributed by atoms with Gasteiger partial charge in [0.15, 0.2) is 0 Å². The first-order valence-electron chi connectivity index (χ1n) is 6.65. The van der Waals surface area contributed by atoms with E-state index in [2.05, 4.69) is 5.32 Å². The van der Waals surface area contributed by atoms with Crippen molar-refractivity contribution in [3.63, 3.8) is 0 Å². The minimum Gasteiger partial charge on any atom is -0.326 e. The maximum atomic E-state index is 12.3. The predicted octanol–water partition coefficient (Wildman–Crippen LogP) is 5.86. The molecule has 2 rings (SSSR count). The number of carbonyl (C=O) groups excluding carboxylic acids is 1. The fraction of sp³-hybridized carbons (Fsp3) is 0.118. The smallest absolute Gasteiger partial charge is 0.231 e. The van der Waals surface area contributed by atoms with E-state index in [-0.39, 0.29) is 16.3 Å². The fourth-order valence-corrected chi connectivity index (χ4v) is 2.32. The molecule has 2 aromatic carbocycles. The molecule has 1 amide bonds. The van der Waals surface area contributed by atoms with Gasteiger partial charge in [0.1, 0.15) is 4.49 Å². The number of hydrogen-bond donors (Lipinski definition) is 1. The Morgan fingerprint density at radius 2 is 1.64 bits per heavy atom. The maximum absolute atomic E-state index is 12.3. The van der Waals surface area contributed by atoms with E-state index in [1.807, 2.05) is 31.2 Å². The van der Waals surface area contributed by atoms with Crippen LogP contribution in [0.15, 0.2) is 53.0 Å². The highest BCUT2D eigenvalue weighted by Crippen LogP contribution is 2.21. The van der Waals surface area contributed by atoms with E-state index < -0.39 is 0 Å². The standard InChI is InChI=1S/C17H14Cl3NO/c1-11(13-4-2-12(3-5-13)10-16(19)20)17(22)21-15-8-6-14(18)7-9-15/h2-11H,1H3,(H,21,22). The summed E-state index contributed by atoms with van der Waals surface area (Å²) in [5, 5.41) is 3.49. The Bertz CT molecular complexity index is 674. The number of amides is 1. The average molecular weight is 355 g/mol. The molecule has 1 atom stereocenters. The van der Waals surface area contributed by atoms with E-state index in [4.69, 9.17) is 34.8 Å². The molecular formula is C17H14Cl3NO. The molecular weight excluding hydrogens is 341 g/mol. The maximum Gasteiger partial charge on any atom is 0.231 e. The minimum atomic E-state index is -0.278. The van der Waals surface area contributed by atoms with Gasteiger partial charge in [-0.25, -0.2) is 0 Å². The first-order chi connectivity index (χ1) is 10.5. The fourth-order valence-electron chi connectivity index (χ4n) is 1.94. The van der Waals surface area contributed by atoms with Crippen LogP contribution in [-0.4, -0.2) is 5.91 Å². The molecule has 1 N–H and O–H groups in total. The van der Waals surface area contributed by atoms with Gasteiger partial charge >= 0.3 is 0 Å². The van der Waals surface area contributed by atoms with E-state index in [9.17, 15) is 4.79 Å². The molecule has 0 aliphatic rings. The Kier molecular flexibility index (Phi) is 5.90. The summed E-state index contributed by atoms with van der Waals surface area (Å²) in [6.07, 6.45) is 1.64. The Hall–Kier alpha value is -1.48. The van der Waals surface area contributed by atoms with E-state index in [1.54, 1.807) is 30.3 Å². The number of hydrogen-bond acceptors (Lipinski definition) is 1. The lowest BCUT2D eigenvalue weighted by Gasteiger charge is -2.13. The van der Waals surface area contributed by atoms with Crippen LogP contribution in [0, 0.1) is 0 Å². The lowest BCUT2D eigenvalue weighted by Crippen LogP contribution is -2.18. The number of rotatable bonds is 4. The molecule has 0 radical (unpaired) electrons. The van der Waals surface area contributed by atoms with Crippen molar-refractivity contribution in [2.24, 2.45) is 0 Å². The highest BCUT2D eigenvalue weighted by molar-refractivity contribution is 6.57. The summed E-state index contributed by atoms with van der Waals surface area (Å²) in [6, 6.07) is 14.5. The molecule has 2 nitrogen and oxygen atoms in total. The van der Waals surface area contributed by atoms with Crippen molar-refractivity contribution >= 4 is 52.5 Å². The van der Waals surface area contributed by atoms with Crippen LogP contribution in [0.2, 0.25) is 5.02 Å². The van der Waals surface area contributed by atoms with Gasteiger partial charge in [0.05, 0.1) is 5.92 Å². The van der Waals surface area contributed by atoms with Gasteiger partial charge < -0.3 is 5.32 Å². The van der Waals surface area contributed by atoms with E-state index >= 15 is 0 Å². The zero-order chi connectivity index (χ0) is 16.1. The van der Waals surface area contributed by atoms with Gasteiger partial charge in [-0.15, -0.1) is 0 Å². The molecule has 2 aromatic rings. The van der Waals surface area contributed by atoms with Crippen molar-refractivity contribution in [3.05, 3.63) is 69.2 Å². The lowest BCUT2D eigenvalue weighted by molar-refractivity contribution is -0.117. The molecule has 1 unspecified atom stereocenters. The minimum absolute atomic E-state index is 0.0824. The van der Waals surface area contributed by atoms with Gasteiger partial charge in [0, 0.05) is 10.7 Å². The number of carbonyl (C=O) groups is 1. The summed E-state index contributed by atoms with van der Waals surface area (Å²) in [4.78, 5) is 12.3. The first kappa shape index (κ1) is 16.9. The van der Waals surface area contributed by atoms with Gasteiger partial charge in [-0.05, 0) is 48.4 Å². The summed E-state index contributed by atoms with van der Waals surface area (Å²) in [7, 11) is 0. The molecule has 114 valence electrons. The second kappa shape index (κ2) is 7.68. The molecule has 0 saturated heterocycles. The van der Waals surface area contributed by atoms with Crippen molar-refractivity contribution in [1.29, 1.82) is 0 Å². The number of benzene rings is 2. The SMILES string of the molecule is CC(C(=O)Nc1ccc(Cl)cc1)c1ccc(C=C(Cl)Cl)cc1. The van der Waals surface area contributed by atoms with Gasteiger partial charge in [-0.2, -0.15) is 0 Å². The normalized spacial score (nSPS) is 11.6. The van der Waals surface area contributed by atoms with E-state index in [1.165, 1.54) is 0 Å². The molecule has 22 heavy (non-hydrogen) atoms. The van der Waals surface area contributed by atoms with E-state index in [0.29, 0.717) is 5.02 Å². The summed E-state index contributed by atoms with van der Waals surface area (Å²) in [5.41, 5.74) is 2.51. The molecule has 0 aliphatic carbocycles. The summed E-state index contributed by atoms with van der Waals surface area (Å²) < 4.78 is 0.196. The van der Waals surface area contributed by atoms with E-state index in [0.717, 1.165) is 16.8 Å². The van der Waals surface area contributed by atoms with Crippen LogP contribution in [0.1, 0.15) is 24.0 Å². The number of halogens is 3. The van der Waals surface area contributed by atoms with Crippen LogP contribution in [0.3, 0.4) is 0 Å². The zero-order valence-corrected chi connectivity index (χ0v) is 14.1. The highest BCUT2D eigenvalue weighted by atomic mass is 35.5. The monoisotopic (exact) mass is 353 g/mol. The quantitative estimate of drug-likeness (QED) is 0.732. The predicted molar refractivity (Wildman–Crippen MR) is 94.6 cm³/mol. The molecule has 0 aliphatic heterocycles. The van der Waals surface area contributed by atoms with Gasteiger partial charge in [-0.1, -0.05) is 59.1 Å². The Balaban J connectivity index is 2.06. The Morgan fingerprint density at radius 3 is 2.18 bits per heavy atom. The molecule has 0 bridgehead atoms. The molecule has 0 heterocycles. The van der Waals surface area contributed by atoms with Crippen molar-refractivity contribution in [3.8, 4) is 0 Å². The zero-order valence-electron chi connectivity index (χ0n) is 11.8. The lowest BCUT2D eigenvalue weighted by atomic mass is 9.99. The summed E-state index contributed by atoms with van der Waals surface area (Å²) in [6.45, 7) is 1.85. The largest absolute Gasteiger partial charge is 0.326 e. The third-order valence-electron chi connectivity index (χ3n) is 3.22. The average Bonchev–Trinajstić information content (AvgIpc) is 2.49. The van der Waals surface area contributed by atoms with Crippen LogP contribution >= 0.6 is 34.8 Å². The van der Waals surface area contributed by atoms with Crippen molar-refractivity contribution < 1.29 is 4.79 Å². The first-order valence-corrected chi connectivity index (χ1v) is 7.78. The summed E-state index contributed by atoms with van der Waals surface area (Å²) in [5.74, 6) is -0.360. The second-order valence-electron chi connectivity index (χ2n) is 4.82. The molecule has 0 spiro atoms. The number of anilines is 1. The highest BCUT2D eigenvalue weighted by Gasteiger charge is 2.15. The van der Waals surface area contributed by atoms with Gasteiger partial charge in [0.2, 0.25) is 5.91 Å². The molecule has 0 fully saturated rings. The van der Waals surface area contributed by atoms with Crippen LogP contribution in [0.25, 0.3) is 6.08 Å². The van der Waals surface area contributed by atoms with Gasteiger partial charge in [-0.3, -0.25) is 4.79 Å². The van der Waals surface area contributed by atoms with Crippen LogP contribution < -0.4 is 5.32 Å². The summed E-state index contributed by atoms with van der Waals surface area (Å²) >= 11 is 17.1. The van der Waals surface area contributed by atoms with Gasteiger partial charge in [0.25, 0.3) is 0 Å².